The molecule has 0 aliphatic rings. The van der Waals surface area contributed by atoms with Crippen LogP contribution in [0.4, 0.5) is 4.39 Å². The van der Waals surface area contributed by atoms with Crippen LogP contribution in [0, 0.1) is 5.82 Å². The number of amides is 1. The van der Waals surface area contributed by atoms with E-state index in [1.54, 1.807) is 6.07 Å². The number of hydrogen-bond donors (Lipinski definition) is 2. The van der Waals surface area contributed by atoms with Crippen LogP contribution >= 0.6 is 27.5 Å². The zero-order valence-corrected chi connectivity index (χ0v) is 13.0. The second-order valence-electron chi connectivity index (χ2n) is 4.23. The van der Waals surface area contributed by atoms with Crippen LogP contribution in [-0.2, 0) is 0 Å². The first kappa shape index (κ1) is 15.9. The maximum atomic E-state index is 13.5. The van der Waals surface area contributed by atoms with Gasteiger partial charge in [-0.2, -0.15) is 0 Å². The van der Waals surface area contributed by atoms with E-state index in [1.165, 1.54) is 30.5 Å². The maximum absolute atomic E-state index is 13.5. The van der Waals surface area contributed by atoms with E-state index in [9.17, 15) is 14.3 Å². The molecule has 0 radical (unpaired) electrons. The fourth-order valence-corrected chi connectivity index (χ4v) is 2.25. The highest BCUT2D eigenvalue weighted by molar-refractivity contribution is 9.10. The Labute approximate surface area is 134 Å². The SMILES string of the molecule is O=C(NCC(O)c1ccccc1F)c1cc(Br)ncc1Cl. The lowest BCUT2D eigenvalue weighted by atomic mass is 10.1. The Kier molecular flexibility index (Phi) is 5.27. The molecule has 1 heterocycles. The number of aliphatic hydroxyl groups is 1. The highest BCUT2D eigenvalue weighted by Crippen LogP contribution is 2.19. The number of hydrogen-bond acceptors (Lipinski definition) is 3. The molecule has 0 fully saturated rings. The van der Waals surface area contributed by atoms with Gasteiger partial charge in [0.25, 0.3) is 5.91 Å². The molecule has 2 aromatic rings. The molecule has 1 aromatic heterocycles. The summed E-state index contributed by atoms with van der Waals surface area (Å²) in [5.74, 6) is -0.998. The van der Waals surface area contributed by atoms with Crippen LogP contribution < -0.4 is 5.32 Å². The molecule has 2 rings (SSSR count). The third-order valence-electron chi connectivity index (χ3n) is 2.79. The van der Waals surface area contributed by atoms with Crippen molar-refractivity contribution in [3.8, 4) is 0 Å². The van der Waals surface area contributed by atoms with Gasteiger partial charge in [0.05, 0.1) is 16.7 Å². The number of carbonyl (C=O) groups is 1. The summed E-state index contributed by atoms with van der Waals surface area (Å²) in [5.41, 5.74) is 0.346. The van der Waals surface area contributed by atoms with Gasteiger partial charge in [-0.15, -0.1) is 0 Å². The summed E-state index contributed by atoms with van der Waals surface area (Å²) in [6.07, 6.45) is 0.201. The van der Waals surface area contributed by atoms with Crippen molar-refractivity contribution in [3.05, 3.63) is 63.1 Å². The van der Waals surface area contributed by atoms with Crippen molar-refractivity contribution in [1.82, 2.24) is 10.3 Å². The van der Waals surface area contributed by atoms with E-state index in [-0.39, 0.29) is 22.7 Å². The molecule has 0 saturated heterocycles. The van der Waals surface area contributed by atoms with E-state index in [2.05, 4.69) is 26.2 Å². The molecule has 1 atom stereocenters. The van der Waals surface area contributed by atoms with Gasteiger partial charge in [0.15, 0.2) is 0 Å². The molecule has 4 nitrogen and oxygen atoms in total. The van der Waals surface area contributed by atoms with Crippen molar-refractivity contribution in [1.29, 1.82) is 0 Å². The average molecular weight is 374 g/mol. The smallest absolute Gasteiger partial charge is 0.253 e. The Morgan fingerprint density at radius 3 is 2.90 bits per heavy atom. The zero-order valence-electron chi connectivity index (χ0n) is 10.7. The average Bonchev–Trinajstić information content (AvgIpc) is 2.47. The van der Waals surface area contributed by atoms with Gasteiger partial charge < -0.3 is 10.4 Å². The monoisotopic (exact) mass is 372 g/mol. The standard InChI is InChI=1S/C14H11BrClFN2O2/c15-13-5-9(10(16)6-18-13)14(21)19-7-12(20)8-3-1-2-4-11(8)17/h1-6,12,20H,7H2,(H,19,21). The molecule has 1 amide bonds. The number of nitrogens with zero attached hydrogens (tertiary/aromatic N) is 1. The number of pyridine rings is 1. The van der Waals surface area contributed by atoms with Crippen LogP contribution in [0.1, 0.15) is 22.0 Å². The minimum Gasteiger partial charge on any atom is -0.386 e. The van der Waals surface area contributed by atoms with Crippen molar-refractivity contribution >= 4 is 33.4 Å². The quantitative estimate of drug-likeness (QED) is 0.810. The van der Waals surface area contributed by atoms with Crippen molar-refractivity contribution in [2.24, 2.45) is 0 Å². The Hall–Kier alpha value is -1.50. The summed E-state index contributed by atoms with van der Waals surface area (Å²) in [7, 11) is 0. The van der Waals surface area contributed by atoms with Crippen LogP contribution in [0.5, 0.6) is 0 Å². The summed E-state index contributed by atoms with van der Waals surface area (Å²) in [6, 6.07) is 7.31. The van der Waals surface area contributed by atoms with Gasteiger partial charge in [-0.05, 0) is 28.1 Å². The van der Waals surface area contributed by atoms with Gasteiger partial charge in [-0.1, -0.05) is 29.8 Å². The second-order valence-corrected chi connectivity index (χ2v) is 5.45. The van der Waals surface area contributed by atoms with Crippen LogP contribution in [0.25, 0.3) is 0 Å². The molecule has 0 aliphatic heterocycles. The molecule has 1 aromatic carbocycles. The molecule has 110 valence electrons. The molecule has 0 bridgehead atoms. The summed E-state index contributed by atoms with van der Waals surface area (Å²) >= 11 is 9.02. The molecule has 1 unspecified atom stereocenters. The van der Waals surface area contributed by atoms with Crippen molar-refractivity contribution in [3.63, 3.8) is 0 Å². The fourth-order valence-electron chi connectivity index (χ4n) is 1.73. The van der Waals surface area contributed by atoms with Gasteiger partial charge in [0.2, 0.25) is 0 Å². The first-order valence-corrected chi connectivity index (χ1v) is 7.18. The molecule has 0 spiro atoms. The number of halogens is 3. The summed E-state index contributed by atoms with van der Waals surface area (Å²) in [4.78, 5) is 15.9. The van der Waals surface area contributed by atoms with Gasteiger partial charge in [0, 0.05) is 18.3 Å². The van der Waals surface area contributed by atoms with Crippen molar-refractivity contribution < 1.29 is 14.3 Å². The number of nitrogens with one attached hydrogen (secondary N) is 1. The molecule has 0 saturated carbocycles. The summed E-state index contributed by atoms with van der Waals surface area (Å²) < 4.78 is 14.0. The van der Waals surface area contributed by atoms with Gasteiger partial charge >= 0.3 is 0 Å². The number of carbonyl (C=O) groups excluding carboxylic acids is 1. The van der Waals surface area contributed by atoms with E-state index in [0.717, 1.165) is 0 Å². The van der Waals surface area contributed by atoms with E-state index in [4.69, 9.17) is 11.6 Å². The summed E-state index contributed by atoms with van der Waals surface area (Å²) in [5, 5.41) is 12.6. The van der Waals surface area contributed by atoms with E-state index >= 15 is 0 Å². The highest BCUT2D eigenvalue weighted by atomic mass is 79.9. The minimum absolute atomic E-state index is 0.125. The Bertz CT molecular complexity index is 669. The van der Waals surface area contributed by atoms with Gasteiger partial charge in [-0.25, -0.2) is 9.37 Å². The lowest BCUT2D eigenvalue weighted by Crippen LogP contribution is -2.29. The number of aromatic nitrogens is 1. The van der Waals surface area contributed by atoms with Crippen molar-refractivity contribution in [2.45, 2.75) is 6.10 Å². The highest BCUT2D eigenvalue weighted by Gasteiger charge is 2.16. The topological polar surface area (TPSA) is 62.2 Å². The number of benzene rings is 1. The first-order chi connectivity index (χ1) is 9.99. The van der Waals surface area contributed by atoms with E-state index in [1.807, 2.05) is 0 Å². The third kappa shape index (κ3) is 4.00. The molecule has 21 heavy (non-hydrogen) atoms. The zero-order chi connectivity index (χ0) is 15.4. The lowest BCUT2D eigenvalue weighted by molar-refractivity contribution is 0.0914. The van der Waals surface area contributed by atoms with Crippen molar-refractivity contribution in [2.75, 3.05) is 6.54 Å². The molecule has 7 heteroatoms. The maximum Gasteiger partial charge on any atom is 0.253 e. The van der Waals surface area contributed by atoms with Gasteiger partial charge in [0.1, 0.15) is 10.4 Å². The largest absolute Gasteiger partial charge is 0.386 e. The van der Waals surface area contributed by atoms with Crippen LogP contribution in [0.2, 0.25) is 5.02 Å². The predicted octanol–water partition coefficient (Wildman–Crippen LogP) is 3.10. The van der Waals surface area contributed by atoms with Gasteiger partial charge in [-0.3, -0.25) is 4.79 Å². The van der Waals surface area contributed by atoms with E-state index in [0.29, 0.717) is 4.60 Å². The molecular weight excluding hydrogens is 363 g/mol. The molecule has 2 N–H and O–H groups in total. The van der Waals surface area contributed by atoms with Crippen LogP contribution in [0.3, 0.4) is 0 Å². The second kappa shape index (κ2) is 6.98. The Balaban J connectivity index is 2.04. The van der Waals surface area contributed by atoms with Crippen LogP contribution in [-0.4, -0.2) is 22.5 Å². The number of aliphatic hydroxyl groups excluding tert-OH is 1. The third-order valence-corrected chi connectivity index (χ3v) is 3.52. The Morgan fingerprint density at radius 2 is 2.19 bits per heavy atom. The lowest BCUT2D eigenvalue weighted by Gasteiger charge is -2.13. The minimum atomic E-state index is -1.14. The normalized spacial score (nSPS) is 12.0. The van der Waals surface area contributed by atoms with E-state index < -0.39 is 17.8 Å². The fraction of sp³-hybridized carbons (Fsp3) is 0.143. The predicted molar refractivity (Wildman–Crippen MR) is 80.6 cm³/mol. The first-order valence-electron chi connectivity index (χ1n) is 6.00. The summed E-state index contributed by atoms with van der Waals surface area (Å²) in [6.45, 7) is -0.129. The molecular formula is C14H11BrClFN2O2. The van der Waals surface area contributed by atoms with Crippen LogP contribution in [0.15, 0.2) is 41.1 Å². The Morgan fingerprint density at radius 1 is 1.48 bits per heavy atom. The number of rotatable bonds is 4. The molecule has 0 aliphatic carbocycles.